The summed E-state index contributed by atoms with van der Waals surface area (Å²) < 4.78 is 0. The van der Waals surface area contributed by atoms with Crippen LogP contribution in [0.2, 0.25) is 0 Å². The number of benzene rings is 2. The average molecular weight is 480 g/mol. The molecule has 5 nitrogen and oxygen atoms in total. The number of nitrogens with one attached hydrogen (secondary N) is 2. The largest absolute Gasteiger partial charge is 0.356 e. The molecule has 3 atom stereocenters. The number of carbonyl (C=O) groups is 2. The molecule has 1 fully saturated rings. The highest BCUT2D eigenvalue weighted by Gasteiger charge is 2.34. The molecule has 2 heterocycles. The van der Waals surface area contributed by atoms with Crippen LogP contribution < -0.4 is 5.32 Å². The van der Waals surface area contributed by atoms with Crippen LogP contribution >= 0.6 is 0 Å². The van der Waals surface area contributed by atoms with E-state index in [1.54, 1.807) is 4.90 Å². The SMILES string of the molecule is C#CC(=O)N1CCc2c([nH]c3ccccc23)C1c1ccc(C(=O)NCCC2CC(=C)CC(C)C2)cc1. The second-order valence-electron chi connectivity index (χ2n) is 10.4. The van der Waals surface area contributed by atoms with Gasteiger partial charge in [0.15, 0.2) is 0 Å². The fraction of sp³-hybridized carbons (Fsp3) is 0.355. The van der Waals surface area contributed by atoms with Gasteiger partial charge in [0.1, 0.15) is 0 Å². The van der Waals surface area contributed by atoms with Gasteiger partial charge < -0.3 is 15.2 Å². The summed E-state index contributed by atoms with van der Waals surface area (Å²) in [6.07, 6.45) is 10.6. The van der Waals surface area contributed by atoms with Crippen molar-refractivity contribution in [3.05, 3.63) is 83.1 Å². The molecular formula is C31H33N3O2. The van der Waals surface area contributed by atoms with Crippen molar-refractivity contribution in [2.45, 2.75) is 45.1 Å². The Bertz CT molecular complexity index is 1340. The molecule has 2 amide bonds. The van der Waals surface area contributed by atoms with Crippen molar-refractivity contribution in [2.75, 3.05) is 13.1 Å². The first-order chi connectivity index (χ1) is 17.4. The molecule has 3 unspecified atom stereocenters. The molecule has 2 aliphatic rings. The molecule has 0 saturated heterocycles. The van der Waals surface area contributed by atoms with Gasteiger partial charge in [0.05, 0.1) is 6.04 Å². The van der Waals surface area contributed by atoms with Gasteiger partial charge in [0, 0.05) is 35.2 Å². The lowest BCUT2D eigenvalue weighted by Crippen LogP contribution is -2.40. The van der Waals surface area contributed by atoms with Gasteiger partial charge in [-0.2, -0.15) is 0 Å². The molecule has 0 spiro atoms. The van der Waals surface area contributed by atoms with E-state index in [-0.39, 0.29) is 17.9 Å². The second kappa shape index (κ2) is 10.1. The molecular weight excluding hydrogens is 446 g/mol. The van der Waals surface area contributed by atoms with Gasteiger partial charge in [-0.05, 0) is 79.2 Å². The summed E-state index contributed by atoms with van der Waals surface area (Å²) >= 11 is 0. The predicted octanol–water partition coefficient (Wildman–Crippen LogP) is 5.39. The topological polar surface area (TPSA) is 65.2 Å². The number of carbonyl (C=O) groups excluding carboxylic acids is 2. The van der Waals surface area contributed by atoms with Crippen LogP contribution in [0.1, 0.15) is 65.8 Å². The number of hydrogen-bond acceptors (Lipinski definition) is 2. The number of hydrogen-bond donors (Lipinski definition) is 2. The van der Waals surface area contributed by atoms with Crippen molar-refractivity contribution < 1.29 is 9.59 Å². The van der Waals surface area contributed by atoms with Crippen molar-refractivity contribution >= 4 is 22.7 Å². The van der Waals surface area contributed by atoms with Gasteiger partial charge in [-0.15, -0.1) is 6.42 Å². The Morgan fingerprint density at radius 1 is 1.17 bits per heavy atom. The van der Waals surface area contributed by atoms with Gasteiger partial charge in [-0.25, -0.2) is 0 Å². The molecule has 1 aliphatic carbocycles. The molecule has 3 aromatic rings. The van der Waals surface area contributed by atoms with Gasteiger partial charge in [0.2, 0.25) is 0 Å². The van der Waals surface area contributed by atoms with Crippen molar-refractivity contribution in [1.29, 1.82) is 0 Å². The van der Waals surface area contributed by atoms with Gasteiger partial charge >= 0.3 is 0 Å². The minimum atomic E-state index is -0.328. The number of rotatable bonds is 5. The highest BCUT2D eigenvalue weighted by atomic mass is 16.2. The van der Waals surface area contributed by atoms with Crippen LogP contribution in [0.4, 0.5) is 0 Å². The third-order valence-electron chi connectivity index (χ3n) is 7.70. The van der Waals surface area contributed by atoms with Crippen LogP contribution in [0.25, 0.3) is 10.9 Å². The molecule has 1 aromatic heterocycles. The Labute approximate surface area is 213 Å². The number of terminal acetylenes is 1. The quantitative estimate of drug-likeness (QED) is 0.381. The minimum absolute atomic E-state index is 0.0734. The maximum atomic E-state index is 12.8. The summed E-state index contributed by atoms with van der Waals surface area (Å²) in [5.41, 5.74) is 6.14. The Hall–Kier alpha value is -3.78. The van der Waals surface area contributed by atoms with E-state index in [1.807, 2.05) is 36.4 Å². The zero-order valence-electron chi connectivity index (χ0n) is 20.8. The van der Waals surface area contributed by atoms with E-state index in [0.29, 0.717) is 30.5 Å². The third-order valence-corrected chi connectivity index (χ3v) is 7.70. The fourth-order valence-electron chi connectivity index (χ4n) is 6.14. The van der Waals surface area contributed by atoms with Crippen molar-refractivity contribution in [3.8, 4) is 12.3 Å². The average Bonchev–Trinajstić information content (AvgIpc) is 3.26. The van der Waals surface area contributed by atoms with E-state index < -0.39 is 0 Å². The predicted molar refractivity (Wildman–Crippen MR) is 143 cm³/mol. The van der Waals surface area contributed by atoms with E-state index in [0.717, 1.165) is 42.5 Å². The monoisotopic (exact) mass is 479 g/mol. The maximum absolute atomic E-state index is 12.8. The summed E-state index contributed by atoms with van der Waals surface area (Å²) in [5.74, 6) is 3.16. The number of aromatic nitrogens is 1. The van der Waals surface area contributed by atoms with Gasteiger partial charge in [-0.1, -0.05) is 49.4 Å². The maximum Gasteiger partial charge on any atom is 0.299 e. The molecule has 0 bridgehead atoms. The van der Waals surface area contributed by atoms with E-state index in [2.05, 4.69) is 41.9 Å². The van der Waals surface area contributed by atoms with Crippen molar-refractivity contribution in [1.82, 2.24) is 15.2 Å². The molecule has 5 heteroatoms. The summed E-state index contributed by atoms with van der Waals surface area (Å²) in [6.45, 7) is 7.67. The zero-order valence-corrected chi connectivity index (χ0v) is 20.8. The molecule has 2 aromatic carbocycles. The molecule has 0 radical (unpaired) electrons. The lowest BCUT2D eigenvalue weighted by atomic mass is 9.78. The Morgan fingerprint density at radius 2 is 1.94 bits per heavy atom. The summed E-state index contributed by atoms with van der Waals surface area (Å²) in [7, 11) is 0. The van der Waals surface area contributed by atoms with Crippen molar-refractivity contribution in [2.24, 2.45) is 11.8 Å². The van der Waals surface area contributed by atoms with Crippen LogP contribution in [-0.4, -0.2) is 34.8 Å². The Kier molecular flexibility index (Phi) is 6.69. The van der Waals surface area contributed by atoms with Crippen LogP contribution in [-0.2, 0) is 11.2 Å². The number of aromatic amines is 1. The van der Waals surface area contributed by atoms with Gasteiger partial charge in [0.25, 0.3) is 11.8 Å². The number of H-pyrrole nitrogens is 1. The van der Waals surface area contributed by atoms with E-state index >= 15 is 0 Å². The summed E-state index contributed by atoms with van der Waals surface area (Å²) in [4.78, 5) is 30.7. The number of para-hydroxylation sites is 1. The second-order valence-corrected chi connectivity index (χ2v) is 10.4. The Balaban J connectivity index is 1.32. The van der Waals surface area contributed by atoms with E-state index in [9.17, 15) is 9.59 Å². The van der Waals surface area contributed by atoms with Gasteiger partial charge in [-0.3, -0.25) is 9.59 Å². The minimum Gasteiger partial charge on any atom is -0.356 e. The number of fused-ring (bicyclic) bond motifs is 3. The summed E-state index contributed by atoms with van der Waals surface area (Å²) in [5, 5.41) is 4.26. The first kappa shape index (κ1) is 23.9. The number of allylic oxidation sites excluding steroid dienone is 1. The fourth-order valence-corrected chi connectivity index (χ4v) is 6.14. The smallest absolute Gasteiger partial charge is 0.299 e. The molecule has 2 N–H and O–H groups in total. The molecule has 184 valence electrons. The Morgan fingerprint density at radius 3 is 2.69 bits per heavy atom. The first-order valence-corrected chi connectivity index (χ1v) is 12.9. The first-order valence-electron chi connectivity index (χ1n) is 12.9. The molecule has 36 heavy (non-hydrogen) atoms. The number of amides is 2. The summed E-state index contributed by atoms with van der Waals surface area (Å²) in [6, 6.07) is 15.4. The third kappa shape index (κ3) is 4.68. The molecule has 1 saturated carbocycles. The standard InChI is InChI=1S/C31H33N3O2/c1-4-28(35)34-16-14-26-25-7-5-6-8-27(25)33-29(26)30(34)23-9-11-24(12-10-23)31(36)32-15-13-22-18-20(2)17-21(3)19-22/h1,5-12,21-22,30,33H,2,13-19H2,3H3,(H,32,36). The molecule has 1 aliphatic heterocycles. The van der Waals surface area contributed by atoms with Crippen LogP contribution in [0.5, 0.6) is 0 Å². The van der Waals surface area contributed by atoms with Crippen LogP contribution in [0.15, 0.2) is 60.7 Å². The highest BCUT2D eigenvalue weighted by Crippen LogP contribution is 2.38. The number of nitrogens with zero attached hydrogens (tertiary/aromatic N) is 1. The van der Waals surface area contributed by atoms with E-state index in [1.165, 1.54) is 22.9 Å². The lowest BCUT2D eigenvalue weighted by molar-refractivity contribution is -0.127. The molecule has 5 rings (SSSR count). The van der Waals surface area contributed by atoms with Crippen molar-refractivity contribution in [3.63, 3.8) is 0 Å². The van der Waals surface area contributed by atoms with E-state index in [4.69, 9.17) is 6.42 Å². The van der Waals surface area contributed by atoms with Crippen LogP contribution in [0, 0.1) is 24.2 Å². The normalized spacial score (nSPS) is 21.6. The lowest BCUT2D eigenvalue weighted by Gasteiger charge is -2.35. The zero-order chi connectivity index (χ0) is 25.2. The van der Waals surface area contributed by atoms with Crippen LogP contribution in [0.3, 0.4) is 0 Å². The highest BCUT2D eigenvalue weighted by molar-refractivity contribution is 5.95.